The van der Waals surface area contributed by atoms with Gasteiger partial charge in [-0.15, -0.1) is 0 Å². The van der Waals surface area contributed by atoms with Crippen LogP contribution < -0.4 is 10.5 Å². The number of benzene rings is 2. The van der Waals surface area contributed by atoms with Crippen LogP contribution in [0.1, 0.15) is 5.56 Å². The molecule has 0 unspecified atom stereocenters. The Morgan fingerprint density at radius 1 is 1.17 bits per heavy atom. The van der Waals surface area contributed by atoms with Gasteiger partial charge in [-0.3, -0.25) is 10.1 Å². The molecule has 0 aliphatic rings. The summed E-state index contributed by atoms with van der Waals surface area (Å²) in [5.41, 5.74) is 7.24. The zero-order chi connectivity index (χ0) is 13.0. The van der Waals surface area contributed by atoms with Crippen LogP contribution in [0, 0.1) is 10.1 Å². The number of nitrogen functional groups attached to an aromatic ring is 1. The molecule has 92 valence electrons. The molecule has 0 aliphatic carbocycles. The summed E-state index contributed by atoms with van der Waals surface area (Å²) in [7, 11) is 0. The van der Waals surface area contributed by atoms with E-state index in [0.29, 0.717) is 18.0 Å². The molecular formula is C13H12N2O3. The van der Waals surface area contributed by atoms with Crippen LogP contribution in [0.2, 0.25) is 0 Å². The Morgan fingerprint density at radius 2 is 1.94 bits per heavy atom. The van der Waals surface area contributed by atoms with Gasteiger partial charge < -0.3 is 10.5 Å². The first kappa shape index (κ1) is 11.9. The van der Waals surface area contributed by atoms with E-state index >= 15 is 0 Å². The zero-order valence-electron chi connectivity index (χ0n) is 9.58. The summed E-state index contributed by atoms with van der Waals surface area (Å²) in [6.45, 7) is 0.326. The van der Waals surface area contributed by atoms with Crippen LogP contribution in [0.25, 0.3) is 0 Å². The molecular weight excluding hydrogens is 232 g/mol. The lowest BCUT2D eigenvalue weighted by Gasteiger charge is -2.06. The zero-order valence-corrected chi connectivity index (χ0v) is 9.58. The van der Waals surface area contributed by atoms with Gasteiger partial charge in [-0.1, -0.05) is 18.2 Å². The van der Waals surface area contributed by atoms with Gasteiger partial charge in [0.05, 0.1) is 11.0 Å². The van der Waals surface area contributed by atoms with E-state index in [9.17, 15) is 10.1 Å². The molecule has 2 N–H and O–H groups in total. The summed E-state index contributed by atoms with van der Waals surface area (Å²) in [5, 5.41) is 10.6. The third-order valence-corrected chi connectivity index (χ3v) is 2.38. The molecule has 2 rings (SSSR count). The highest BCUT2D eigenvalue weighted by molar-refractivity contribution is 5.41. The first-order valence-corrected chi connectivity index (χ1v) is 5.37. The molecule has 0 aliphatic heterocycles. The van der Waals surface area contributed by atoms with Crippen molar-refractivity contribution in [1.29, 1.82) is 0 Å². The first-order valence-electron chi connectivity index (χ1n) is 5.37. The molecule has 0 aromatic heterocycles. The first-order chi connectivity index (χ1) is 8.65. The van der Waals surface area contributed by atoms with Crippen molar-refractivity contribution in [2.24, 2.45) is 0 Å². The smallest absolute Gasteiger partial charge is 0.273 e. The average molecular weight is 244 g/mol. The molecule has 0 atom stereocenters. The van der Waals surface area contributed by atoms with Crippen molar-refractivity contribution >= 4 is 11.4 Å². The van der Waals surface area contributed by atoms with Crippen molar-refractivity contribution in [2.75, 3.05) is 5.73 Å². The lowest BCUT2D eigenvalue weighted by atomic mass is 10.2. The van der Waals surface area contributed by atoms with Gasteiger partial charge in [0, 0.05) is 11.8 Å². The van der Waals surface area contributed by atoms with Crippen molar-refractivity contribution < 1.29 is 9.66 Å². The van der Waals surface area contributed by atoms with Gasteiger partial charge in [-0.2, -0.15) is 0 Å². The van der Waals surface area contributed by atoms with E-state index < -0.39 is 4.92 Å². The summed E-state index contributed by atoms with van der Waals surface area (Å²) >= 11 is 0. The molecule has 0 heterocycles. The van der Waals surface area contributed by atoms with E-state index in [1.807, 2.05) is 12.1 Å². The van der Waals surface area contributed by atoms with E-state index in [4.69, 9.17) is 10.5 Å². The maximum Gasteiger partial charge on any atom is 0.273 e. The highest BCUT2D eigenvalue weighted by Crippen LogP contribution is 2.20. The maximum atomic E-state index is 10.6. The van der Waals surface area contributed by atoms with Crippen LogP contribution in [0.4, 0.5) is 11.4 Å². The molecule has 0 amide bonds. The Morgan fingerprint density at radius 3 is 2.67 bits per heavy atom. The van der Waals surface area contributed by atoms with Crippen molar-refractivity contribution in [3.05, 3.63) is 64.2 Å². The fourth-order valence-electron chi connectivity index (χ4n) is 1.54. The third-order valence-electron chi connectivity index (χ3n) is 2.38. The monoisotopic (exact) mass is 244 g/mol. The normalized spacial score (nSPS) is 10.0. The van der Waals surface area contributed by atoms with Crippen LogP contribution >= 0.6 is 0 Å². The predicted molar refractivity (Wildman–Crippen MR) is 68.3 cm³/mol. The number of hydrogen-bond acceptors (Lipinski definition) is 4. The van der Waals surface area contributed by atoms with E-state index in [0.717, 1.165) is 5.56 Å². The number of ether oxygens (including phenoxy) is 1. The summed E-state index contributed by atoms with van der Waals surface area (Å²) < 4.78 is 5.48. The highest BCUT2D eigenvalue weighted by atomic mass is 16.6. The Hall–Kier alpha value is -2.56. The lowest BCUT2D eigenvalue weighted by Crippen LogP contribution is -1.97. The number of non-ortho nitro benzene ring substituents is 1. The van der Waals surface area contributed by atoms with Crippen LogP contribution in [0.3, 0.4) is 0 Å². The summed E-state index contributed by atoms with van der Waals surface area (Å²) in [4.78, 5) is 10.2. The van der Waals surface area contributed by atoms with Crippen molar-refractivity contribution in [3.8, 4) is 5.75 Å². The third kappa shape index (κ3) is 2.98. The molecule has 5 heteroatoms. The molecule has 0 spiro atoms. The topological polar surface area (TPSA) is 78.4 Å². The van der Waals surface area contributed by atoms with Gasteiger partial charge in [0.2, 0.25) is 0 Å². The molecule has 0 fully saturated rings. The number of nitro benzene ring substituents is 1. The van der Waals surface area contributed by atoms with Gasteiger partial charge in [0.25, 0.3) is 5.69 Å². The standard InChI is InChI=1S/C13H12N2O3/c14-11-4-1-3-10(7-11)9-18-13-6-2-5-12(8-13)15(16)17/h1-8H,9,14H2. The molecule has 0 saturated heterocycles. The molecule has 2 aromatic carbocycles. The summed E-state index contributed by atoms with van der Waals surface area (Å²) in [5.74, 6) is 0.464. The highest BCUT2D eigenvalue weighted by Gasteiger charge is 2.06. The predicted octanol–water partition coefficient (Wildman–Crippen LogP) is 2.76. The minimum Gasteiger partial charge on any atom is -0.489 e. The van der Waals surface area contributed by atoms with E-state index in [1.165, 1.54) is 12.1 Å². The number of anilines is 1. The Labute approximate surface area is 104 Å². The van der Waals surface area contributed by atoms with Crippen LogP contribution in [-0.2, 0) is 6.61 Å². The minimum absolute atomic E-state index is 0.0140. The second kappa shape index (κ2) is 5.18. The largest absolute Gasteiger partial charge is 0.489 e. The van der Waals surface area contributed by atoms with Gasteiger partial charge in [0.1, 0.15) is 12.4 Å². The SMILES string of the molecule is Nc1cccc(COc2cccc([N+](=O)[O-])c2)c1. The molecule has 2 aromatic rings. The number of hydrogen-bond donors (Lipinski definition) is 1. The Balaban J connectivity index is 2.06. The lowest BCUT2D eigenvalue weighted by molar-refractivity contribution is -0.384. The van der Waals surface area contributed by atoms with Gasteiger partial charge in [-0.25, -0.2) is 0 Å². The van der Waals surface area contributed by atoms with Crippen LogP contribution in [0.15, 0.2) is 48.5 Å². The van der Waals surface area contributed by atoms with Gasteiger partial charge in [0.15, 0.2) is 0 Å². The van der Waals surface area contributed by atoms with Gasteiger partial charge >= 0.3 is 0 Å². The van der Waals surface area contributed by atoms with E-state index in [1.54, 1.807) is 24.3 Å². The van der Waals surface area contributed by atoms with E-state index in [2.05, 4.69) is 0 Å². The molecule has 0 radical (unpaired) electrons. The second-order valence-electron chi connectivity index (χ2n) is 3.79. The quantitative estimate of drug-likeness (QED) is 0.509. The minimum atomic E-state index is -0.451. The maximum absolute atomic E-state index is 10.6. The fraction of sp³-hybridized carbons (Fsp3) is 0.0769. The van der Waals surface area contributed by atoms with Crippen LogP contribution in [-0.4, -0.2) is 4.92 Å². The van der Waals surface area contributed by atoms with Crippen molar-refractivity contribution in [3.63, 3.8) is 0 Å². The molecule has 18 heavy (non-hydrogen) atoms. The number of nitrogens with two attached hydrogens (primary N) is 1. The van der Waals surface area contributed by atoms with Gasteiger partial charge in [-0.05, 0) is 23.8 Å². The molecule has 0 bridgehead atoms. The molecule has 0 saturated carbocycles. The van der Waals surface area contributed by atoms with Crippen molar-refractivity contribution in [2.45, 2.75) is 6.61 Å². The Bertz CT molecular complexity index is 570. The number of rotatable bonds is 4. The number of nitrogens with zero attached hydrogens (tertiary/aromatic N) is 1. The van der Waals surface area contributed by atoms with Crippen molar-refractivity contribution in [1.82, 2.24) is 0 Å². The Kier molecular flexibility index (Phi) is 3.43. The average Bonchev–Trinajstić information content (AvgIpc) is 2.37. The summed E-state index contributed by atoms with van der Waals surface area (Å²) in [6.07, 6.45) is 0. The summed E-state index contributed by atoms with van der Waals surface area (Å²) in [6, 6.07) is 13.4. The van der Waals surface area contributed by atoms with Crippen LogP contribution in [0.5, 0.6) is 5.75 Å². The number of nitro groups is 1. The molecule has 5 nitrogen and oxygen atoms in total. The fourth-order valence-corrected chi connectivity index (χ4v) is 1.54. The van der Waals surface area contributed by atoms with E-state index in [-0.39, 0.29) is 5.69 Å². The second-order valence-corrected chi connectivity index (χ2v) is 3.79.